The number of Topliss-reactive ketones (excluding diaryl/α,β-unsaturated/α-hetero) is 1. The van der Waals surface area contributed by atoms with Crippen LogP contribution in [0.1, 0.15) is 34.5 Å². The number of thiazole rings is 1. The Kier molecular flexibility index (Phi) is 6.36. The van der Waals surface area contributed by atoms with E-state index in [9.17, 15) is 24.6 Å². The summed E-state index contributed by atoms with van der Waals surface area (Å²) in [6.45, 7) is 2.18. The van der Waals surface area contributed by atoms with Crippen LogP contribution in [0.3, 0.4) is 0 Å². The number of hydrogen-bond donors (Lipinski definition) is 2. The number of rotatable bonds is 6. The summed E-state index contributed by atoms with van der Waals surface area (Å²) in [7, 11) is 0. The van der Waals surface area contributed by atoms with Crippen LogP contribution in [0.2, 0.25) is 5.02 Å². The Bertz CT molecular complexity index is 1600. The fraction of sp³-hybridized carbons (Fsp3) is 0.115. The molecule has 1 amide bonds. The third-order valence-electron chi connectivity index (χ3n) is 5.78. The number of pyridine rings is 1. The molecule has 1 atom stereocenters. The second-order valence-electron chi connectivity index (χ2n) is 8.01. The Morgan fingerprint density at radius 2 is 1.97 bits per heavy atom. The quantitative estimate of drug-likeness (QED) is 0.199. The third kappa shape index (κ3) is 4.30. The molecule has 1 fully saturated rings. The molecule has 0 saturated carbocycles. The van der Waals surface area contributed by atoms with Crippen LogP contribution >= 0.6 is 22.9 Å². The zero-order chi connectivity index (χ0) is 26.3. The van der Waals surface area contributed by atoms with E-state index in [1.165, 1.54) is 41.4 Å². The van der Waals surface area contributed by atoms with Gasteiger partial charge in [-0.2, -0.15) is 0 Å². The van der Waals surface area contributed by atoms with Gasteiger partial charge in [0.1, 0.15) is 11.5 Å². The smallest absolute Gasteiger partial charge is 0.335 e. The van der Waals surface area contributed by atoms with E-state index >= 15 is 0 Å². The summed E-state index contributed by atoms with van der Waals surface area (Å²) in [5.74, 6) is -2.95. The molecule has 1 aliphatic heterocycles. The Labute approximate surface area is 219 Å². The van der Waals surface area contributed by atoms with Crippen molar-refractivity contribution in [3.8, 4) is 5.75 Å². The molecule has 9 nitrogen and oxygen atoms in total. The SMILES string of the molecule is CCOc1ccc(Cl)c(/C(O)=C2\C(=O)C(=O)N(c3nc4ccc(C(=O)O)cc4s3)C2c2cccnc2)c1. The Morgan fingerprint density at radius 3 is 2.68 bits per heavy atom. The topological polar surface area (TPSA) is 130 Å². The van der Waals surface area contributed by atoms with E-state index in [0.717, 1.165) is 11.3 Å². The second-order valence-corrected chi connectivity index (χ2v) is 9.43. The van der Waals surface area contributed by atoms with Crippen molar-refractivity contribution < 1.29 is 29.3 Å². The summed E-state index contributed by atoms with van der Waals surface area (Å²) in [6, 6.07) is 11.3. The number of carbonyl (C=O) groups excluding carboxylic acids is 2. The van der Waals surface area contributed by atoms with Gasteiger partial charge >= 0.3 is 11.9 Å². The van der Waals surface area contributed by atoms with Crippen molar-refractivity contribution in [1.82, 2.24) is 9.97 Å². The van der Waals surface area contributed by atoms with Crippen molar-refractivity contribution in [2.24, 2.45) is 0 Å². The zero-order valence-corrected chi connectivity index (χ0v) is 20.8. The number of ether oxygens (including phenoxy) is 1. The van der Waals surface area contributed by atoms with Gasteiger partial charge in [0.2, 0.25) is 0 Å². The van der Waals surface area contributed by atoms with Gasteiger partial charge in [-0.1, -0.05) is 29.0 Å². The van der Waals surface area contributed by atoms with Gasteiger partial charge in [-0.05, 0) is 55.0 Å². The first-order valence-corrected chi connectivity index (χ1v) is 12.3. The number of benzene rings is 2. The zero-order valence-electron chi connectivity index (χ0n) is 19.2. The predicted octanol–water partition coefficient (Wildman–Crippen LogP) is 5.07. The highest BCUT2D eigenvalue weighted by Gasteiger charge is 2.48. The first-order valence-electron chi connectivity index (χ1n) is 11.1. The lowest BCUT2D eigenvalue weighted by molar-refractivity contribution is -0.132. The summed E-state index contributed by atoms with van der Waals surface area (Å²) >= 11 is 7.42. The van der Waals surface area contributed by atoms with E-state index in [1.54, 1.807) is 31.3 Å². The summed E-state index contributed by atoms with van der Waals surface area (Å²) in [6.07, 6.45) is 3.04. The number of carboxylic acid groups (broad SMARTS) is 1. The van der Waals surface area contributed by atoms with E-state index in [4.69, 9.17) is 16.3 Å². The van der Waals surface area contributed by atoms with Gasteiger partial charge in [-0.25, -0.2) is 9.78 Å². The average Bonchev–Trinajstić information content (AvgIpc) is 3.43. The number of anilines is 1. The standard InChI is InChI=1S/C26H18ClN3O6S/c1-2-36-15-6-7-17(27)16(11-15)22(31)20-21(14-4-3-9-28-12-14)30(24(33)23(20)32)26-29-18-8-5-13(25(34)35)10-19(18)37-26/h3-12,21,31H,2H2,1H3,(H,34,35)/b22-20+. The van der Waals surface area contributed by atoms with Gasteiger partial charge in [0.25, 0.3) is 5.78 Å². The number of aromatic nitrogens is 2. The number of carboxylic acids is 1. The Morgan fingerprint density at radius 1 is 1.16 bits per heavy atom. The van der Waals surface area contributed by atoms with Gasteiger partial charge in [-0.3, -0.25) is 19.5 Å². The average molecular weight is 536 g/mol. The van der Waals surface area contributed by atoms with Crippen molar-refractivity contribution in [1.29, 1.82) is 0 Å². The van der Waals surface area contributed by atoms with Crippen molar-refractivity contribution in [2.45, 2.75) is 13.0 Å². The van der Waals surface area contributed by atoms with Crippen LogP contribution in [0.4, 0.5) is 5.13 Å². The summed E-state index contributed by atoms with van der Waals surface area (Å²) in [4.78, 5) is 47.9. The molecule has 0 bridgehead atoms. The fourth-order valence-electron chi connectivity index (χ4n) is 4.12. The minimum atomic E-state index is -1.10. The van der Waals surface area contributed by atoms with Gasteiger partial charge in [-0.15, -0.1) is 0 Å². The monoisotopic (exact) mass is 535 g/mol. The van der Waals surface area contributed by atoms with Crippen LogP contribution in [-0.4, -0.2) is 44.4 Å². The van der Waals surface area contributed by atoms with E-state index < -0.39 is 29.5 Å². The molecule has 1 saturated heterocycles. The lowest BCUT2D eigenvalue weighted by Gasteiger charge is -2.22. The molecule has 3 heterocycles. The number of aromatic carboxylic acids is 1. The maximum Gasteiger partial charge on any atom is 0.335 e. The fourth-order valence-corrected chi connectivity index (χ4v) is 5.36. The maximum atomic E-state index is 13.4. The van der Waals surface area contributed by atoms with Crippen molar-refractivity contribution in [2.75, 3.05) is 11.5 Å². The highest BCUT2D eigenvalue weighted by Crippen LogP contribution is 2.45. The van der Waals surface area contributed by atoms with Crippen LogP contribution in [0, 0.1) is 0 Å². The summed E-state index contributed by atoms with van der Waals surface area (Å²) in [5, 5.41) is 21.0. The molecule has 2 aromatic heterocycles. The molecular weight excluding hydrogens is 518 g/mol. The Hall–Kier alpha value is -4.28. The molecule has 11 heteroatoms. The van der Waals surface area contributed by atoms with Gasteiger partial charge in [0, 0.05) is 18.0 Å². The number of carbonyl (C=O) groups is 3. The molecule has 37 heavy (non-hydrogen) atoms. The predicted molar refractivity (Wildman–Crippen MR) is 138 cm³/mol. The lowest BCUT2D eigenvalue weighted by atomic mass is 9.96. The van der Waals surface area contributed by atoms with Crippen LogP contribution in [0.5, 0.6) is 5.75 Å². The van der Waals surface area contributed by atoms with E-state index in [-0.39, 0.29) is 26.9 Å². The van der Waals surface area contributed by atoms with E-state index in [1.807, 2.05) is 0 Å². The number of aliphatic hydroxyl groups excluding tert-OH is 1. The number of fused-ring (bicyclic) bond motifs is 1. The lowest BCUT2D eigenvalue weighted by Crippen LogP contribution is -2.29. The molecule has 1 aliphatic rings. The molecule has 2 aromatic carbocycles. The largest absolute Gasteiger partial charge is 0.507 e. The van der Waals surface area contributed by atoms with Crippen molar-refractivity contribution in [3.63, 3.8) is 0 Å². The molecule has 0 aliphatic carbocycles. The normalized spacial score (nSPS) is 16.9. The number of halogens is 1. The molecule has 5 rings (SSSR count). The van der Waals surface area contributed by atoms with Crippen LogP contribution in [-0.2, 0) is 9.59 Å². The number of ketones is 1. The van der Waals surface area contributed by atoms with E-state index in [2.05, 4.69) is 9.97 Å². The minimum Gasteiger partial charge on any atom is -0.507 e. The second kappa shape index (κ2) is 9.64. The minimum absolute atomic E-state index is 0.0670. The first-order chi connectivity index (χ1) is 17.8. The number of amides is 1. The number of nitrogens with zero attached hydrogens (tertiary/aromatic N) is 3. The molecule has 0 spiro atoms. The number of hydrogen-bond acceptors (Lipinski definition) is 8. The van der Waals surface area contributed by atoms with E-state index in [0.29, 0.717) is 28.1 Å². The molecule has 4 aromatic rings. The summed E-state index contributed by atoms with van der Waals surface area (Å²) in [5.41, 5.74) is 0.946. The van der Waals surface area contributed by atoms with Gasteiger partial charge in [0.05, 0.1) is 39.0 Å². The molecule has 186 valence electrons. The van der Waals surface area contributed by atoms with Crippen molar-refractivity contribution >= 4 is 61.7 Å². The molecule has 0 radical (unpaired) electrons. The molecular formula is C26H18ClN3O6S. The highest BCUT2D eigenvalue weighted by atomic mass is 35.5. The molecule has 1 unspecified atom stereocenters. The Balaban J connectivity index is 1.71. The van der Waals surface area contributed by atoms with Crippen molar-refractivity contribution in [3.05, 3.63) is 88.2 Å². The van der Waals surface area contributed by atoms with Crippen LogP contribution in [0.15, 0.2) is 66.5 Å². The van der Waals surface area contributed by atoms with Gasteiger partial charge in [0.15, 0.2) is 5.13 Å². The first kappa shape index (κ1) is 24.4. The van der Waals surface area contributed by atoms with Crippen LogP contribution < -0.4 is 9.64 Å². The number of aliphatic hydroxyl groups is 1. The highest BCUT2D eigenvalue weighted by molar-refractivity contribution is 7.22. The molecule has 2 N–H and O–H groups in total. The summed E-state index contributed by atoms with van der Waals surface area (Å²) < 4.78 is 6.03. The maximum absolute atomic E-state index is 13.4. The van der Waals surface area contributed by atoms with Crippen LogP contribution in [0.25, 0.3) is 16.0 Å². The van der Waals surface area contributed by atoms with Gasteiger partial charge < -0.3 is 14.9 Å². The third-order valence-corrected chi connectivity index (χ3v) is 7.13.